The SMILES string of the molecule is CN(Cc1cccc(Cl)c1)C(=O)C[NH+]1CCN(c2cccc[nH+]2)CC1. The molecule has 0 radical (unpaired) electrons. The molecule has 1 aromatic heterocycles. The number of aromatic amines is 1. The van der Waals surface area contributed by atoms with Crippen molar-refractivity contribution in [2.24, 2.45) is 0 Å². The molecule has 0 aliphatic carbocycles. The van der Waals surface area contributed by atoms with Gasteiger partial charge in [-0.15, -0.1) is 0 Å². The smallest absolute Gasteiger partial charge is 0.277 e. The number of benzene rings is 1. The quantitative estimate of drug-likeness (QED) is 0.844. The molecule has 1 aromatic carbocycles. The summed E-state index contributed by atoms with van der Waals surface area (Å²) >= 11 is 6.01. The molecule has 1 aliphatic rings. The van der Waals surface area contributed by atoms with Crippen molar-refractivity contribution in [3.8, 4) is 0 Å². The fourth-order valence-electron chi connectivity index (χ4n) is 3.17. The molecular formula is C19H25ClN4O+2. The van der Waals surface area contributed by atoms with Crippen LogP contribution in [-0.4, -0.2) is 50.6 Å². The number of rotatable bonds is 5. The summed E-state index contributed by atoms with van der Waals surface area (Å²) < 4.78 is 0. The van der Waals surface area contributed by atoms with Gasteiger partial charge >= 0.3 is 0 Å². The number of hydrogen-bond donors (Lipinski definition) is 1. The maximum Gasteiger partial charge on any atom is 0.277 e. The number of amides is 1. The number of carbonyl (C=O) groups is 1. The lowest BCUT2D eigenvalue weighted by molar-refractivity contribution is -0.892. The van der Waals surface area contributed by atoms with Gasteiger partial charge in [0.15, 0.2) is 6.54 Å². The third-order valence-corrected chi connectivity index (χ3v) is 4.87. The molecule has 2 heterocycles. The Labute approximate surface area is 153 Å². The number of H-pyrrole nitrogens is 1. The summed E-state index contributed by atoms with van der Waals surface area (Å²) in [5.41, 5.74) is 1.06. The van der Waals surface area contributed by atoms with Gasteiger partial charge in [0.2, 0.25) is 0 Å². The van der Waals surface area contributed by atoms with Crippen molar-refractivity contribution in [2.45, 2.75) is 6.54 Å². The molecular weight excluding hydrogens is 336 g/mol. The number of carbonyl (C=O) groups excluding carboxylic acids is 1. The summed E-state index contributed by atoms with van der Waals surface area (Å²) in [4.78, 5) is 21.2. The zero-order valence-electron chi connectivity index (χ0n) is 14.5. The van der Waals surface area contributed by atoms with Crippen molar-refractivity contribution in [3.05, 3.63) is 59.2 Å². The van der Waals surface area contributed by atoms with E-state index in [-0.39, 0.29) is 5.91 Å². The number of hydrogen-bond acceptors (Lipinski definition) is 2. The Morgan fingerprint density at radius 2 is 2.04 bits per heavy atom. The van der Waals surface area contributed by atoms with E-state index in [9.17, 15) is 4.79 Å². The van der Waals surface area contributed by atoms with E-state index in [2.05, 4.69) is 16.0 Å². The number of nitrogens with one attached hydrogen (secondary N) is 2. The molecule has 25 heavy (non-hydrogen) atoms. The van der Waals surface area contributed by atoms with Gasteiger partial charge in [-0.05, 0) is 23.8 Å². The fourth-order valence-corrected chi connectivity index (χ4v) is 3.38. The zero-order chi connectivity index (χ0) is 17.6. The summed E-state index contributed by atoms with van der Waals surface area (Å²) in [5, 5.41) is 0.706. The highest BCUT2D eigenvalue weighted by molar-refractivity contribution is 6.30. The molecule has 1 amide bonds. The minimum absolute atomic E-state index is 0.176. The first kappa shape index (κ1) is 17.7. The summed E-state index contributed by atoms with van der Waals surface area (Å²) in [7, 11) is 1.86. The second-order valence-corrected chi connectivity index (χ2v) is 6.98. The lowest BCUT2D eigenvalue weighted by atomic mass is 10.2. The highest BCUT2D eigenvalue weighted by Crippen LogP contribution is 2.12. The lowest BCUT2D eigenvalue weighted by Crippen LogP contribution is -3.15. The Kier molecular flexibility index (Phi) is 5.89. The van der Waals surface area contributed by atoms with Gasteiger partial charge in [0, 0.05) is 24.7 Å². The minimum atomic E-state index is 0.176. The van der Waals surface area contributed by atoms with Crippen LogP contribution in [0.3, 0.4) is 0 Å². The van der Waals surface area contributed by atoms with E-state index >= 15 is 0 Å². The molecule has 1 aliphatic heterocycles. The van der Waals surface area contributed by atoms with Crippen molar-refractivity contribution in [1.29, 1.82) is 0 Å². The number of piperazine rings is 1. The van der Waals surface area contributed by atoms with Gasteiger partial charge in [0.05, 0.1) is 6.20 Å². The van der Waals surface area contributed by atoms with Crippen LogP contribution >= 0.6 is 11.6 Å². The number of halogens is 1. The Morgan fingerprint density at radius 3 is 2.72 bits per heavy atom. The van der Waals surface area contributed by atoms with E-state index < -0.39 is 0 Å². The Bertz CT molecular complexity index is 702. The minimum Gasteiger partial charge on any atom is -0.337 e. The number of pyridine rings is 1. The molecule has 0 spiro atoms. The molecule has 0 bridgehead atoms. The van der Waals surface area contributed by atoms with Crippen molar-refractivity contribution in [1.82, 2.24) is 4.90 Å². The molecule has 5 nitrogen and oxygen atoms in total. The summed E-state index contributed by atoms with van der Waals surface area (Å²) in [6, 6.07) is 13.8. The largest absolute Gasteiger partial charge is 0.337 e. The van der Waals surface area contributed by atoms with Crippen molar-refractivity contribution < 1.29 is 14.7 Å². The van der Waals surface area contributed by atoms with Crippen molar-refractivity contribution in [3.63, 3.8) is 0 Å². The average Bonchev–Trinajstić information content (AvgIpc) is 2.63. The van der Waals surface area contributed by atoms with Gasteiger partial charge < -0.3 is 9.80 Å². The number of nitrogens with zero attached hydrogens (tertiary/aromatic N) is 2. The van der Waals surface area contributed by atoms with Crippen LogP contribution in [0, 0.1) is 0 Å². The van der Waals surface area contributed by atoms with E-state index in [0.29, 0.717) is 18.1 Å². The Balaban J connectivity index is 1.47. The van der Waals surface area contributed by atoms with Crippen LogP contribution in [0.25, 0.3) is 0 Å². The summed E-state index contributed by atoms with van der Waals surface area (Å²) in [6.07, 6.45) is 1.95. The molecule has 6 heteroatoms. The molecule has 2 aromatic rings. The van der Waals surface area contributed by atoms with E-state index in [0.717, 1.165) is 37.6 Å². The molecule has 132 valence electrons. The maximum atomic E-state index is 12.5. The van der Waals surface area contributed by atoms with Gasteiger partial charge in [-0.3, -0.25) is 9.69 Å². The third-order valence-electron chi connectivity index (χ3n) is 4.64. The molecule has 1 fully saturated rings. The van der Waals surface area contributed by atoms with Gasteiger partial charge in [-0.25, -0.2) is 4.98 Å². The molecule has 0 atom stereocenters. The summed E-state index contributed by atoms with van der Waals surface area (Å²) in [6.45, 7) is 5.00. The van der Waals surface area contributed by atoms with Crippen LogP contribution in [0.1, 0.15) is 5.56 Å². The fraction of sp³-hybridized carbons (Fsp3) is 0.368. The van der Waals surface area contributed by atoms with Crippen LogP contribution in [0.5, 0.6) is 0 Å². The van der Waals surface area contributed by atoms with E-state index in [1.807, 2.05) is 49.6 Å². The highest BCUT2D eigenvalue weighted by atomic mass is 35.5. The Morgan fingerprint density at radius 1 is 1.24 bits per heavy atom. The van der Waals surface area contributed by atoms with E-state index in [4.69, 9.17) is 11.6 Å². The van der Waals surface area contributed by atoms with Crippen LogP contribution in [-0.2, 0) is 11.3 Å². The third kappa shape index (κ3) is 4.94. The molecule has 0 unspecified atom stereocenters. The average molecular weight is 361 g/mol. The van der Waals surface area contributed by atoms with Gasteiger partial charge in [-0.2, -0.15) is 0 Å². The number of aromatic nitrogens is 1. The first-order valence-electron chi connectivity index (χ1n) is 8.65. The lowest BCUT2D eigenvalue weighted by Gasteiger charge is -2.29. The first-order chi connectivity index (χ1) is 12.1. The summed E-state index contributed by atoms with van der Waals surface area (Å²) in [5.74, 6) is 1.32. The second-order valence-electron chi connectivity index (χ2n) is 6.54. The predicted octanol–water partition coefficient (Wildman–Crippen LogP) is 0.518. The van der Waals surface area contributed by atoms with Crippen molar-refractivity contribution in [2.75, 3.05) is 44.7 Å². The van der Waals surface area contributed by atoms with Crippen LogP contribution in [0.4, 0.5) is 5.82 Å². The van der Waals surface area contributed by atoms with Crippen molar-refractivity contribution >= 4 is 23.3 Å². The normalized spacial score (nSPS) is 15.2. The monoisotopic (exact) mass is 360 g/mol. The molecule has 2 N–H and O–H groups in total. The standard InChI is InChI=1S/C19H23ClN4O/c1-22(14-16-5-4-6-17(20)13-16)19(25)15-23-9-11-24(12-10-23)18-7-2-3-8-21-18/h2-8,13H,9-12,14-15H2,1H3/p+2. The maximum absolute atomic E-state index is 12.5. The highest BCUT2D eigenvalue weighted by Gasteiger charge is 2.27. The van der Waals surface area contributed by atoms with Crippen LogP contribution < -0.4 is 14.8 Å². The van der Waals surface area contributed by atoms with Gasteiger partial charge in [0.1, 0.15) is 26.2 Å². The van der Waals surface area contributed by atoms with E-state index in [1.165, 1.54) is 4.90 Å². The molecule has 0 saturated carbocycles. The second kappa shape index (κ2) is 8.32. The number of anilines is 1. The predicted molar refractivity (Wildman–Crippen MR) is 98.7 cm³/mol. The van der Waals surface area contributed by atoms with E-state index in [1.54, 1.807) is 4.90 Å². The van der Waals surface area contributed by atoms with Gasteiger partial charge in [-0.1, -0.05) is 29.8 Å². The number of likely N-dealkylation sites (N-methyl/N-ethyl adjacent to an activating group) is 1. The van der Waals surface area contributed by atoms with Crippen LogP contribution in [0.15, 0.2) is 48.7 Å². The Hall–Kier alpha value is -2.11. The molecule has 3 rings (SSSR count). The topological polar surface area (TPSA) is 42.1 Å². The van der Waals surface area contributed by atoms with Crippen LogP contribution in [0.2, 0.25) is 5.02 Å². The molecule has 1 saturated heterocycles. The first-order valence-corrected chi connectivity index (χ1v) is 9.03. The zero-order valence-corrected chi connectivity index (χ0v) is 15.3. The number of quaternary nitrogens is 1. The van der Waals surface area contributed by atoms with Gasteiger partial charge in [0.25, 0.3) is 11.7 Å².